The van der Waals surface area contributed by atoms with E-state index in [-0.39, 0.29) is 23.6 Å². The molecule has 0 fully saturated rings. The van der Waals surface area contributed by atoms with E-state index in [2.05, 4.69) is 24.4 Å². The van der Waals surface area contributed by atoms with Gasteiger partial charge in [0.25, 0.3) is 0 Å². The maximum Gasteiger partial charge on any atom is 0.441 e. The summed E-state index contributed by atoms with van der Waals surface area (Å²) in [4.78, 5) is 0. The van der Waals surface area contributed by atoms with E-state index < -0.39 is 5.51 Å². The lowest BCUT2D eigenvalue weighted by Crippen LogP contribution is -2.22. The van der Waals surface area contributed by atoms with E-state index in [1.165, 1.54) is 5.56 Å². The molecular formula is C13H18F3NS. The fourth-order valence-electron chi connectivity index (χ4n) is 1.60. The maximum atomic E-state index is 11.9. The second-order valence-electron chi connectivity index (χ2n) is 4.07. The lowest BCUT2D eigenvalue weighted by Gasteiger charge is -2.15. The number of thioether (sulfide) groups is 1. The fraction of sp³-hybridized carbons (Fsp3) is 0.538. The molecule has 102 valence electrons. The van der Waals surface area contributed by atoms with Crippen molar-refractivity contribution in [2.24, 2.45) is 0 Å². The van der Waals surface area contributed by atoms with E-state index in [1.807, 2.05) is 19.1 Å². The Morgan fingerprint density at radius 3 is 2.33 bits per heavy atom. The molecule has 1 N–H and O–H groups in total. The van der Waals surface area contributed by atoms with Gasteiger partial charge in [-0.25, -0.2) is 0 Å². The van der Waals surface area contributed by atoms with Crippen LogP contribution < -0.4 is 5.32 Å². The van der Waals surface area contributed by atoms with Crippen LogP contribution in [0.15, 0.2) is 24.3 Å². The predicted octanol–water partition coefficient (Wildman–Crippen LogP) is 4.15. The molecule has 0 saturated heterocycles. The molecule has 0 aliphatic carbocycles. The Morgan fingerprint density at radius 2 is 1.83 bits per heavy atom. The Labute approximate surface area is 110 Å². The number of hydrogen-bond donors (Lipinski definition) is 1. The average molecular weight is 277 g/mol. The molecule has 1 unspecified atom stereocenters. The van der Waals surface area contributed by atoms with Crippen molar-refractivity contribution in [3.8, 4) is 0 Å². The monoisotopic (exact) mass is 277 g/mol. The second-order valence-corrected chi connectivity index (χ2v) is 5.22. The molecular weight excluding hydrogens is 259 g/mol. The molecule has 0 radical (unpaired) electrons. The quantitative estimate of drug-likeness (QED) is 0.784. The van der Waals surface area contributed by atoms with E-state index in [9.17, 15) is 13.2 Å². The number of rotatable bonds is 6. The van der Waals surface area contributed by atoms with Crippen molar-refractivity contribution in [3.05, 3.63) is 35.4 Å². The Morgan fingerprint density at radius 1 is 1.22 bits per heavy atom. The van der Waals surface area contributed by atoms with Crippen molar-refractivity contribution in [1.82, 2.24) is 5.32 Å². The standard InChI is InChI=1S/C13H18F3NS/c1-3-11-4-6-12(7-5-11)10(2)17-8-9-18-13(14,15)16/h4-7,10,17H,3,8-9H2,1-2H3. The summed E-state index contributed by atoms with van der Waals surface area (Å²) in [5, 5.41) is 3.09. The lowest BCUT2D eigenvalue weighted by atomic mass is 10.1. The number of halogens is 3. The van der Waals surface area contributed by atoms with Crippen molar-refractivity contribution >= 4 is 11.8 Å². The van der Waals surface area contributed by atoms with Gasteiger partial charge in [-0.15, -0.1) is 0 Å². The highest BCUT2D eigenvalue weighted by atomic mass is 32.2. The van der Waals surface area contributed by atoms with Gasteiger partial charge in [-0.3, -0.25) is 0 Å². The summed E-state index contributed by atoms with van der Waals surface area (Å²) in [5.74, 6) is 0.0425. The number of benzene rings is 1. The van der Waals surface area contributed by atoms with Crippen LogP contribution in [-0.2, 0) is 6.42 Å². The molecule has 0 bridgehead atoms. The van der Waals surface area contributed by atoms with Crippen molar-refractivity contribution in [2.45, 2.75) is 31.8 Å². The summed E-state index contributed by atoms with van der Waals surface area (Å²) in [6.07, 6.45) is 0.990. The van der Waals surface area contributed by atoms with Gasteiger partial charge in [0.15, 0.2) is 0 Å². The maximum absolute atomic E-state index is 11.9. The van der Waals surface area contributed by atoms with Crippen LogP contribution in [0.4, 0.5) is 13.2 Å². The largest absolute Gasteiger partial charge is 0.441 e. The summed E-state index contributed by atoms with van der Waals surface area (Å²) in [7, 11) is 0. The Kier molecular flexibility index (Phi) is 6.02. The smallest absolute Gasteiger partial charge is 0.309 e. The summed E-state index contributed by atoms with van der Waals surface area (Å²) in [6.45, 7) is 4.39. The molecule has 1 nitrogen and oxygen atoms in total. The van der Waals surface area contributed by atoms with Crippen molar-refractivity contribution in [1.29, 1.82) is 0 Å². The Balaban J connectivity index is 2.33. The number of hydrogen-bond acceptors (Lipinski definition) is 2. The highest BCUT2D eigenvalue weighted by Crippen LogP contribution is 2.29. The summed E-state index contributed by atoms with van der Waals surface area (Å²) in [5.41, 5.74) is -1.77. The Hall–Kier alpha value is -0.680. The molecule has 1 rings (SSSR count). The predicted molar refractivity (Wildman–Crippen MR) is 70.8 cm³/mol. The molecule has 0 aliphatic heterocycles. The summed E-state index contributed by atoms with van der Waals surface area (Å²) in [6, 6.07) is 8.22. The van der Waals surface area contributed by atoms with E-state index in [4.69, 9.17) is 0 Å². The Bertz CT molecular complexity index is 348. The van der Waals surface area contributed by atoms with Crippen molar-refractivity contribution in [3.63, 3.8) is 0 Å². The van der Waals surface area contributed by atoms with Crippen LogP contribution in [0.2, 0.25) is 0 Å². The molecule has 0 aliphatic rings. The second kappa shape index (κ2) is 7.04. The summed E-state index contributed by atoms with van der Waals surface area (Å²) < 4.78 is 35.8. The van der Waals surface area contributed by atoms with E-state index in [0.29, 0.717) is 6.54 Å². The van der Waals surface area contributed by atoms with Gasteiger partial charge in [-0.2, -0.15) is 13.2 Å². The fourth-order valence-corrected chi connectivity index (χ4v) is 2.05. The van der Waals surface area contributed by atoms with Crippen LogP contribution in [0, 0.1) is 0 Å². The van der Waals surface area contributed by atoms with Crippen molar-refractivity contribution < 1.29 is 13.2 Å². The van der Waals surface area contributed by atoms with E-state index >= 15 is 0 Å². The van der Waals surface area contributed by atoms with E-state index in [0.717, 1.165) is 12.0 Å². The topological polar surface area (TPSA) is 12.0 Å². The first-order valence-electron chi connectivity index (χ1n) is 5.95. The van der Waals surface area contributed by atoms with Crippen LogP contribution in [0.25, 0.3) is 0 Å². The zero-order valence-corrected chi connectivity index (χ0v) is 11.4. The number of aryl methyl sites for hydroxylation is 1. The molecule has 0 saturated carbocycles. The first-order valence-corrected chi connectivity index (χ1v) is 6.94. The first-order chi connectivity index (χ1) is 8.42. The summed E-state index contributed by atoms with van der Waals surface area (Å²) >= 11 is 0.0143. The molecule has 0 spiro atoms. The van der Waals surface area contributed by atoms with Gasteiger partial charge in [0.1, 0.15) is 0 Å². The zero-order chi connectivity index (χ0) is 13.6. The van der Waals surface area contributed by atoms with Crippen LogP contribution in [-0.4, -0.2) is 17.8 Å². The highest BCUT2D eigenvalue weighted by Gasteiger charge is 2.27. The average Bonchev–Trinajstić information content (AvgIpc) is 2.33. The molecule has 5 heteroatoms. The minimum absolute atomic E-state index is 0.0143. The van der Waals surface area contributed by atoms with Gasteiger partial charge in [-0.1, -0.05) is 31.2 Å². The highest BCUT2D eigenvalue weighted by molar-refractivity contribution is 8.00. The molecule has 0 aromatic heterocycles. The number of alkyl halides is 3. The normalized spacial score (nSPS) is 13.6. The van der Waals surface area contributed by atoms with Gasteiger partial charge < -0.3 is 5.32 Å². The molecule has 18 heavy (non-hydrogen) atoms. The first kappa shape index (κ1) is 15.4. The molecule has 1 aromatic rings. The van der Waals surface area contributed by atoms with Crippen LogP contribution in [0.1, 0.15) is 31.0 Å². The third kappa shape index (κ3) is 5.78. The lowest BCUT2D eigenvalue weighted by molar-refractivity contribution is -0.0327. The minimum Gasteiger partial charge on any atom is -0.309 e. The molecule has 1 aromatic carbocycles. The van der Waals surface area contributed by atoms with Gasteiger partial charge in [0, 0.05) is 18.3 Å². The van der Waals surface area contributed by atoms with Crippen LogP contribution >= 0.6 is 11.8 Å². The zero-order valence-electron chi connectivity index (χ0n) is 10.6. The molecule has 0 heterocycles. The van der Waals surface area contributed by atoms with Gasteiger partial charge in [-0.05, 0) is 36.2 Å². The molecule has 1 atom stereocenters. The van der Waals surface area contributed by atoms with Gasteiger partial charge in [0.05, 0.1) is 0 Å². The van der Waals surface area contributed by atoms with Crippen LogP contribution in [0.5, 0.6) is 0 Å². The van der Waals surface area contributed by atoms with E-state index in [1.54, 1.807) is 0 Å². The third-order valence-corrected chi connectivity index (χ3v) is 3.44. The van der Waals surface area contributed by atoms with Gasteiger partial charge >= 0.3 is 5.51 Å². The van der Waals surface area contributed by atoms with Crippen LogP contribution in [0.3, 0.4) is 0 Å². The SMILES string of the molecule is CCc1ccc(C(C)NCCSC(F)(F)F)cc1. The minimum atomic E-state index is -4.13. The van der Waals surface area contributed by atoms with Gasteiger partial charge in [0.2, 0.25) is 0 Å². The third-order valence-electron chi connectivity index (χ3n) is 2.71. The molecule has 0 amide bonds. The number of nitrogens with one attached hydrogen (secondary N) is 1. The van der Waals surface area contributed by atoms with Crippen molar-refractivity contribution in [2.75, 3.05) is 12.3 Å².